The lowest BCUT2D eigenvalue weighted by Gasteiger charge is -2.23. The van der Waals surface area contributed by atoms with Crippen molar-refractivity contribution in [3.8, 4) is 0 Å². The molecule has 0 saturated carbocycles. The summed E-state index contributed by atoms with van der Waals surface area (Å²) < 4.78 is 0. The Hall–Kier alpha value is -2.63. The molecule has 2 saturated heterocycles. The van der Waals surface area contributed by atoms with Crippen LogP contribution in [0.1, 0.15) is 29.6 Å². The van der Waals surface area contributed by atoms with Gasteiger partial charge in [-0.3, -0.25) is 9.59 Å². The molecule has 25 heavy (non-hydrogen) atoms. The highest BCUT2D eigenvalue weighted by atomic mass is 16.4. The summed E-state index contributed by atoms with van der Waals surface area (Å²) in [7, 11) is 0. The minimum atomic E-state index is -0.827. The molecule has 4 rings (SSSR count). The van der Waals surface area contributed by atoms with Gasteiger partial charge in [0.05, 0.1) is 17.0 Å². The van der Waals surface area contributed by atoms with Crippen LogP contribution in [-0.4, -0.2) is 53.0 Å². The van der Waals surface area contributed by atoms with E-state index in [1.807, 2.05) is 30.3 Å². The van der Waals surface area contributed by atoms with E-state index >= 15 is 0 Å². The minimum absolute atomic E-state index is 0.107. The summed E-state index contributed by atoms with van der Waals surface area (Å²) in [6.07, 6.45) is 2.72. The van der Waals surface area contributed by atoms with Crippen LogP contribution in [0.2, 0.25) is 0 Å². The van der Waals surface area contributed by atoms with Crippen molar-refractivity contribution in [2.24, 2.45) is 5.92 Å². The standard InChI is InChI=1S/C19H21N3O3/c23-18(22-10-7-14(12-22)19(24)25)15-11-13-5-1-2-6-16(13)20-17(15)21-8-3-4-9-21/h1-2,5-6,11,14H,3-4,7-10,12H2,(H,24,25). The topological polar surface area (TPSA) is 73.7 Å². The molecule has 0 spiro atoms. The Morgan fingerprint density at radius 1 is 1.12 bits per heavy atom. The second-order valence-electron chi connectivity index (χ2n) is 6.82. The van der Waals surface area contributed by atoms with E-state index in [1.165, 1.54) is 0 Å². The van der Waals surface area contributed by atoms with Gasteiger partial charge < -0.3 is 14.9 Å². The fraction of sp³-hybridized carbons (Fsp3) is 0.421. The summed E-state index contributed by atoms with van der Waals surface area (Å²) in [6, 6.07) is 9.70. The predicted molar refractivity (Wildman–Crippen MR) is 94.8 cm³/mol. The fourth-order valence-electron chi connectivity index (χ4n) is 3.75. The average molecular weight is 339 g/mol. The highest BCUT2D eigenvalue weighted by Crippen LogP contribution is 2.29. The fourth-order valence-corrected chi connectivity index (χ4v) is 3.75. The average Bonchev–Trinajstić information content (AvgIpc) is 3.31. The third-order valence-corrected chi connectivity index (χ3v) is 5.16. The number of pyridine rings is 1. The molecule has 0 bridgehead atoms. The molecule has 2 aliphatic rings. The lowest BCUT2D eigenvalue weighted by Crippen LogP contribution is -2.32. The first kappa shape index (κ1) is 15.9. The van der Waals surface area contributed by atoms with Crippen molar-refractivity contribution in [3.63, 3.8) is 0 Å². The van der Waals surface area contributed by atoms with Crippen LogP contribution in [0.4, 0.5) is 5.82 Å². The number of benzene rings is 1. The van der Waals surface area contributed by atoms with Gasteiger partial charge in [0, 0.05) is 31.6 Å². The van der Waals surface area contributed by atoms with Gasteiger partial charge in [-0.1, -0.05) is 18.2 Å². The first-order valence-electron chi connectivity index (χ1n) is 8.80. The SMILES string of the molecule is O=C(O)C1CCN(C(=O)c2cc3ccccc3nc2N2CCCC2)C1. The number of carboxylic acids is 1. The monoisotopic (exact) mass is 339 g/mol. The number of likely N-dealkylation sites (tertiary alicyclic amines) is 1. The largest absolute Gasteiger partial charge is 0.481 e. The number of fused-ring (bicyclic) bond motifs is 1. The van der Waals surface area contributed by atoms with Crippen LogP contribution in [0, 0.1) is 5.92 Å². The zero-order valence-corrected chi connectivity index (χ0v) is 14.0. The van der Waals surface area contributed by atoms with E-state index in [4.69, 9.17) is 4.98 Å². The van der Waals surface area contributed by atoms with E-state index in [0.29, 0.717) is 18.5 Å². The summed E-state index contributed by atoms with van der Waals surface area (Å²) >= 11 is 0. The number of amides is 1. The Balaban J connectivity index is 1.72. The second kappa shape index (κ2) is 6.35. The molecule has 2 aromatic rings. The normalized spacial score (nSPS) is 20.4. The molecule has 0 aliphatic carbocycles. The maximum Gasteiger partial charge on any atom is 0.308 e. The van der Waals surface area contributed by atoms with Crippen molar-refractivity contribution < 1.29 is 14.7 Å². The number of nitrogens with zero attached hydrogens (tertiary/aromatic N) is 3. The first-order chi connectivity index (χ1) is 12.1. The van der Waals surface area contributed by atoms with E-state index in [9.17, 15) is 14.7 Å². The van der Waals surface area contributed by atoms with E-state index in [-0.39, 0.29) is 12.5 Å². The van der Waals surface area contributed by atoms with Gasteiger partial charge in [0.25, 0.3) is 5.91 Å². The van der Waals surface area contributed by atoms with Crippen LogP contribution in [-0.2, 0) is 4.79 Å². The van der Waals surface area contributed by atoms with Crippen molar-refractivity contribution in [1.82, 2.24) is 9.88 Å². The molecule has 1 aromatic carbocycles. The molecule has 6 heteroatoms. The Labute approximate surface area is 146 Å². The van der Waals surface area contributed by atoms with Crippen molar-refractivity contribution >= 4 is 28.6 Å². The zero-order valence-electron chi connectivity index (χ0n) is 14.0. The van der Waals surface area contributed by atoms with Crippen molar-refractivity contribution in [1.29, 1.82) is 0 Å². The van der Waals surface area contributed by atoms with Crippen LogP contribution in [0.15, 0.2) is 30.3 Å². The summed E-state index contributed by atoms with van der Waals surface area (Å²) in [6.45, 7) is 2.58. The van der Waals surface area contributed by atoms with Crippen molar-refractivity contribution in [2.75, 3.05) is 31.1 Å². The van der Waals surface area contributed by atoms with Crippen LogP contribution < -0.4 is 4.90 Å². The summed E-state index contributed by atoms with van der Waals surface area (Å²) in [5.41, 5.74) is 1.47. The van der Waals surface area contributed by atoms with Gasteiger partial charge in [-0.05, 0) is 31.4 Å². The number of carbonyl (C=O) groups excluding carboxylic acids is 1. The van der Waals surface area contributed by atoms with E-state index in [0.717, 1.165) is 42.7 Å². The van der Waals surface area contributed by atoms with Crippen molar-refractivity contribution in [2.45, 2.75) is 19.3 Å². The first-order valence-corrected chi connectivity index (χ1v) is 8.80. The Morgan fingerprint density at radius 3 is 2.60 bits per heavy atom. The Bertz CT molecular complexity index is 830. The van der Waals surface area contributed by atoms with Gasteiger partial charge >= 0.3 is 5.97 Å². The number of hydrogen-bond donors (Lipinski definition) is 1. The van der Waals surface area contributed by atoms with Gasteiger partial charge in [-0.2, -0.15) is 0 Å². The quantitative estimate of drug-likeness (QED) is 0.929. The van der Waals surface area contributed by atoms with E-state index < -0.39 is 11.9 Å². The molecule has 1 aromatic heterocycles. The van der Waals surface area contributed by atoms with Crippen LogP contribution in [0.3, 0.4) is 0 Å². The molecule has 2 aliphatic heterocycles. The third kappa shape index (κ3) is 2.92. The molecule has 1 atom stereocenters. The maximum atomic E-state index is 13.1. The van der Waals surface area contributed by atoms with Gasteiger partial charge in [0.2, 0.25) is 0 Å². The molecule has 130 valence electrons. The Morgan fingerprint density at radius 2 is 1.88 bits per heavy atom. The van der Waals surface area contributed by atoms with Gasteiger partial charge in [-0.15, -0.1) is 0 Å². The summed E-state index contributed by atoms with van der Waals surface area (Å²) in [4.78, 5) is 32.9. The molecule has 1 unspecified atom stereocenters. The number of anilines is 1. The lowest BCUT2D eigenvalue weighted by molar-refractivity contribution is -0.141. The van der Waals surface area contributed by atoms with Crippen molar-refractivity contribution in [3.05, 3.63) is 35.9 Å². The number of aromatic nitrogens is 1. The molecule has 0 radical (unpaired) electrons. The second-order valence-corrected chi connectivity index (χ2v) is 6.82. The number of para-hydroxylation sites is 1. The number of rotatable bonds is 3. The zero-order chi connectivity index (χ0) is 17.4. The van der Waals surface area contributed by atoms with Crippen LogP contribution >= 0.6 is 0 Å². The smallest absolute Gasteiger partial charge is 0.308 e. The highest BCUT2D eigenvalue weighted by Gasteiger charge is 2.33. The molecule has 3 heterocycles. The number of aliphatic carboxylic acids is 1. The van der Waals surface area contributed by atoms with Gasteiger partial charge in [0.1, 0.15) is 5.82 Å². The van der Waals surface area contributed by atoms with E-state index in [1.54, 1.807) is 4.90 Å². The molecule has 6 nitrogen and oxygen atoms in total. The Kier molecular flexibility index (Phi) is 4.03. The number of carbonyl (C=O) groups is 2. The third-order valence-electron chi connectivity index (χ3n) is 5.16. The van der Waals surface area contributed by atoms with Crippen LogP contribution in [0.5, 0.6) is 0 Å². The van der Waals surface area contributed by atoms with Gasteiger partial charge in [-0.25, -0.2) is 4.98 Å². The summed E-state index contributed by atoms with van der Waals surface area (Å²) in [5.74, 6) is -0.664. The molecular formula is C19H21N3O3. The molecule has 2 fully saturated rings. The summed E-state index contributed by atoms with van der Waals surface area (Å²) in [5, 5.41) is 10.1. The molecular weight excluding hydrogens is 318 g/mol. The minimum Gasteiger partial charge on any atom is -0.481 e. The molecule has 1 amide bonds. The predicted octanol–water partition coefficient (Wildman–Crippen LogP) is 2.38. The molecule has 1 N–H and O–H groups in total. The number of carboxylic acid groups (broad SMARTS) is 1. The van der Waals surface area contributed by atoms with E-state index in [2.05, 4.69) is 4.90 Å². The van der Waals surface area contributed by atoms with Crippen LogP contribution in [0.25, 0.3) is 10.9 Å². The lowest BCUT2D eigenvalue weighted by atomic mass is 10.1. The maximum absolute atomic E-state index is 13.1. The van der Waals surface area contributed by atoms with Gasteiger partial charge in [0.15, 0.2) is 0 Å². The highest BCUT2D eigenvalue weighted by molar-refractivity contribution is 6.02. The number of hydrogen-bond acceptors (Lipinski definition) is 4.